The summed E-state index contributed by atoms with van der Waals surface area (Å²) in [5, 5.41) is 36.8. The van der Waals surface area contributed by atoms with Crippen LogP contribution in [0.4, 0.5) is 19.3 Å². The summed E-state index contributed by atoms with van der Waals surface area (Å²) < 4.78 is 26.5. The Labute approximate surface area is 157 Å². The Morgan fingerprint density at radius 2 is 1.89 bits per heavy atom. The Hall–Kier alpha value is -2.83. The molecule has 1 aliphatic rings. The van der Waals surface area contributed by atoms with Crippen LogP contribution in [-0.4, -0.2) is 63.6 Å². The van der Waals surface area contributed by atoms with Crippen LogP contribution in [-0.2, 0) is 9.59 Å². The smallest absolute Gasteiger partial charge is 0.319 e. The molecule has 0 saturated heterocycles. The fourth-order valence-corrected chi connectivity index (χ4v) is 2.87. The van der Waals surface area contributed by atoms with Crippen LogP contribution in [0.25, 0.3) is 0 Å². The average Bonchev–Trinajstić information content (AvgIpc) is 2.59. The van der Waals surface area contributed by atoms with E-state index in [0.717, 1.165) is 12.1 Å². The summed E-state index contributed by atoms with van der Waals surface area (Å²) in [4.78, 5) is 34.9. The van der Waals surface area contributed by atoms with Crippen LogP contribution in [0.1, 0.15) is 12.8 Å². The molecule has 0 aliphatic heterocycles. The van der Waals surface area contributed by atoms with Gasteiger partial charge in [-0.3, -0.25) is 9.59 Å². The van der Waals surface area contributed by atoms with Gasteiger partial charge in [-0.25, -0.2) is 13.6 Å². The van der Waals surface area contributed by atoms with Crippen molar-refractivity contribution in [1.29, 1.82) is 0 Å². The molecule has 0 unspecified atom stereocenters. The molecule has 1 fully saturated rings. The number of nitrogens with one attached hydrogen (secondary N) is 3. The molecular weight excluding hydrogens is 382 g/mol. The molecule has 0 heterocycles. The van der Waals surface area contributed by atoms with Crippen molar-refractivity contribution in [3.63, 3.8) is 0 Å². The van der Waals surface area contributed by atoms with E-state index in [9.17, 15) is 38.5 Å². The van der Waals surface area contributed by atoms with Gasteiger partial charge < -0.3 is 37.0 Å². The van der Waals surface area contributed by atoms with Crippen LogP contribution in [0.2, 0.25) is 0 Å². The number of aliphatic hydroxyl groups is 3. The lowest BCUT2D eigenvalue weighted by atomic mass is 9.77. The zero-order chi connectivity index (χ0) is 21.1. The van der Waals surface area contributed by atoms with E-state index in [0.29, 0.717) is 6.07 Å². The fourth-order valence-electron chi connectivity index (χ4n) is 2.87. The highest BCUT2D eigenvalue weighted by molar-refractivity contribution is 5.91. The molecule has 12 heteroatoms. The van der Waals surface area contributed by atoms with Gasteiger partial charge in [0.15, 0.2) is 0 Å². The van der Waals surface area contributed by atoms with Crippen LogP contribution in [0, 0.1) is 11.6 Å². The van der Waals surface area contributed by atoms with Crippen LogP contribution in [0.5, 0.6) is 0 Å². The molecule has 1 aromatic carbocycles. The number of nitrogens with two attached hydrogens (primary N) is 1. The number of aliphatic hydroxyl groups excluding tert-OH is 2. The molecule has 28 heavy (non-hydrogen) atoms. The first-order valence-corrected chi connectivity index (χ1v) is 8.19. The first-order valence-electron chi connectivity index (χ1n) is 8.19. The number of carbonyl (C=O) groups excluding carboxylic acids is 3. The Balaban J connectivity index is 2.06. The van der Waals surface area contributed by atoms with Crippen LogP contribution in [0.15, 0.2) is 18.2 Å². The van der Waals surface area contributed by atoms with Gasteiger partial charge in [0.2, 0.25) is 5.91 Å². The van der Waals surface area contributed by atoms with Gasteiger partial charge >= 0.3 is 6.03 Å². The van der Waals surface area contributed by atoms with Crippen molar-refractivity contribution in [2.75, 3.05) is 11.9 Å². The van der Waals surface area contributed by atoms with Gasteiger partial charge in [-0.15, -0.1) is 0 Å². The summed E-state index contributed by atoms with van der Waals surface area (Å²) in [7, 11) is 0. The summed E-state index contributed by atoms with van der Waals surface area (Å²) in [6.07, 6.45) is -4.17. The number of anilines is 1. The topological polar surface area (TPSA) is 174 Å². The maximum atomic E-state index is 13.6. The van der Waals surface area contributed by atoms with Gasteiger partial charge in [0.25, 0.3) is 5.91 Å². The predicted molar refractivity (Wildman–Crippen MR) is 90.7 cm³/mol. The summed E-state index contributed by atoms with van der Waals surface area (Å²) in [5.74, 6) is -3.76. The summed E-state index contributed by atoms with van der Waals surface area (Å²) >= 11 is 0. The minimum atomic E-state index is -2.20. The second-order valence-corrected chi connectivity index (χ2v) is 6.48. The Morgan fingerprint density at radius 1 is 1.21 bits per heavy atom. The van der Waals surface area contributed by atoms with Crippen molar-refractivity contribution in [3.8, 4) is 0 Å². The van der Waals surface area contributed by atoms with Crippen LogP contribution >= 0.6 is 0 Å². The minimum absolute atomic E-state index is 0.348. The third kappa shape index (κ3) is 5.12. The van der Waals surface area contributed by atoms with Gasteiger partial charge in [-0.05, 0) is 12.1 Å². The van der Waals surface area contributed by atoms with E-state index in [4.69, 9.17) is 5.73 Å². The third-order valence-corrected chi connectivity index (χ3v) is 4.25. The standard InChI is InChI=1S/C16H20F2N4O6/c17-7-1-2-9(8(18)3-7)21-15(27)22-10-4-16(28,5-11(23)13(10)25)14(26)20-6-12(19)24/h1-3,10-11,13,23,25,28H,4-6H2,(H2,19,24)(H,20,26)(H2,21,22,27)/t10-,11+,13+,16-/m0/s1. The minimum Gasteiger partial charge on any atom is -0.390 e. The molecule has 0 bridgehead atoms. The number of hydrogen-bond acceptors (Lipinski definition) is 6. The van der Waals surface area contributed by atoms with E-state index in [1.54, 1.807) is 0 Å². The molecule has 1 aliphatic carbocycles. The van der Waals surface area contributed by atoms with Gasteiger partial charge in [0.05, 0.1) is 24.4 Å². The van der Waals surface area contributed by atoms with E-state index in [1.165, 1.54) is 0 Å². The highest BCUT2D eigenvalue weighted by atomic mass is 19.1. The number of hydrogen-bond donors (Lipinski definition) is 7. The molecule has 1 saturated carbocycles. The number of carbonyl (C=O) groups is 3. The lowest BCUT2D eigenvalue weighted by Gasteiger charge is -2.41. The zero-order valence-corrected chi connectivity index (χ0v) is 14.5. The van der Waals surface area contributed by atoms with Crippen molar-refractivity contribution in [1.82, 2.24) is 10.6 Å². The molecule has 2 rings (SSSR count). The lowest BCUT2D eigenvalue weighted by molar-refractivity contribution is -0.157. The molecular formula is C16H20F2N4O6. The highest BCUT2D eigenvalue weighted by Gasteiger charge is 2.49. The summed E-state index contributed by atoms with van der Waals surface area (Å²) in [5.41, 5.74) is 2.36. The predicted octanol–water partition coefficient (Wildman–Crippen LogP) is -1.70. The van der Waals surface area contributed by atoms with E-state index in [2.05, 4.69) is 16.0 Å². The first-order chi connectivity index (χ1) is 13.0. The van der Waals surface area contributed by atoms with E-state index < -0.39 is 72.7 Å². The van der Waals surface area contributed by atoms with E-state index in [1.807, 2.05) is 0 Å². The molecule has 10 nitrogen and oxygen atoms in total. The van der Waals surface area contributed by atoms with Gasteiger partial charge in [-0.1, -0.05) is 0 Å². The van der Waals surface area contributed by atoms with Crippen molar-refractivity contribution in [3.05, 3.63) is 29.8 Å². The molecule has 8 N–H and O–H groups in total. The zero-order valence-electron chi connectivity index (χ0n) is 14.5. The van der Waals surface area contributed by atoms with Crippen molar-refractivity contribution in [2.45, 2.75) is 36.7 Å². The molecule has 154 valence electrons. The van der Waals surface area contributed by atoms with Crippen molar-refractivity contribution < 1.29 is 38.5 Å². The third-order valence-electron chi connectivity index (χ3n) is 4.25. The number of rotatable bonds is 5. The number of benzene rings is 1. The molecule has 0 spiro atoms. The summed E-state index contributed by atoms with van der Waals surface area (Å²) in [6.45, 7) is -0.553. The number of halogens is 2. The maximum Gasteiger partial charge on any atom is 0.319 e. The maximum absolute atomic E-state index is 13.6. The van der Waals surface area contributed by atoms with Crippen molar-refractivity contribution >= 4 is 23.5 Å². The van der Waals surface area contributed by atoms with Crippen molar-refractivity contribution in [2.24, 2.45) is 5.73 Å². The first kappa shape index (κ1) is 21.5. The second-order valence-electron chi connectivity index (χ2n) is 6.48. The van der Waals surface area contributed by atoms with Gasteiger partial charge in [0.1, 0.15) is 23.3 Å². The van der Waals surface area contributed by atoms with Gasteiger partial charge in [0, 0.05) is 18.9 Å². The van der Waals surface area contributed by atoms with E-state index in [-0.39, 0.29) is 5.69 Å². The molecule has 1 aromatic rings. The van der Waals surface area contributed by atoms with Crippen LogP contribution < -0.4 is 21.7 Å². The SMILES string of the molecule is NC(=O)CNC(=O)[C@@]1(O)C[C@@H](O)[C@H](O)[C@@H](NC(=O)Nc2ccc(F)cc2F)C1. The largest absolute Gasteiger partial charge is 0.390 e. The molecule has 0 radical (unpaired) electrons. The number of primary amides is 1. The monoisotopic (exact) mass is 402 g/mol. The van der Waals surface area contributed by atoms with E-state index >= 15 is 0 Å². The Bertz CT molecular complexity index is 780. The fraction of sp³-hybridized carbons (Fsp3) is 0.438. The van der Waals surface area contributed by atoms with Gasteiger partial charge in [-0.2, -0.15) is 0 Å². The normalized spacial score (nSPS) is 27.0. The second kappa shape index (κ2) is 8.46. The van der Waals surface area contributed by atoms with Crippen LogP contribution in [0.3, 0.4) is 0 Å². The lowest BCUT2D eigenvalue weighted by Crippen LogP contribution is -2.63. The molecule has 0 aromatic heterocycles. The molecule has 4 atom stereocenters. The Kier molecular flexibility index (Phi) is 6.48. The number of urea groups is 1. The number of amides is 4. The molecule has 4 amide bonds. The summed E-state index contributed by atoms with van der Waals surface area (Å²) in [6, 6.07) is 0.126. The average molecular weight is 402 g/mol. The highest BCUT2D eigenvalue weighted by Crippen LogP contribution is 2.29. The quantitative estimate of drug-likeness (QED) is 0.309. The Morgan fingerprint density at radius 3 is 2.50 bits per heavy atom.